The molecule has 0 aliphatic carbocycles. The third-order valence-corrected chi connectivity index (χ3v) is 4.14. The van der Waals surface area contributed by atoms with Crippen LogP contribution in [0, 0.1) is 17.8 Å². The first-order valence-corrected chi connectivity index (χ1v) is 6.98. The highest BCUT2D eigenvalue weighted by Gasteiger charge is 2.23. The predicted octanol–water partition coefficient (Wildman–Crippen LogP) is 3.84. The average molecular weight is 211 g/mol. The summed E-state index contributed by atoms with van der Waals surface area (Å²) in [6.07, 6.45) is 8.53. The first-order valence-electron chi connectivity index (χ1n) is 6.98. The summed E-state index contributed by atoms with van der Waals surface area (Å²) in [5.74, 6) is 2.89. The molecule has 3 atom stereocenters. The Balaban J connectivity index is 2.29. The number of hydrogen-bond donors (Lipinski definition) is 1. The van der Waals surface area contributed by atoms with Crippen molar-refractivity contribution in [3.8, 4) is 0 Å². The van der Waals surface area contributed by atoms with Crippen LogP contribution < -0.4 is 5.32 Å². The molecule has 3 unspecified atom stereocenters. The van der Waals surface area contributed by atoms with Gasteiger partial charge in [0, 0.05) is 0 Å². The summed E-state index contributed by atoms with van der Waals surface area (Å²) >= 11 is 0. The van der Waals surface area contributed by atoms with Crippen LogP contribution in [-0.2, 0) is 0 Å². The van der Waals surface area contributed by atoms with Crippen molar-refractivity contribution in [3.63, 3.8) is 0 Å². The molecule has 0 aromatic rings. The van der Waals surface area contributed by atoms with Gasteiger partial charge >= 0.3 is 0 Å². The topological polar surface area (TPSA) is 12.0 Å². The lowest BCUT2D eigenvalue weighted by Crippen LogP contribution is -2.35. The molecule has 1 saturated heterocycles. The summed E-state index contributed by atoms with van der Waals surface area (Å²) < 4.78 is 0. The molecule has 0 radical (unpaired) electrons. The van der Waals surface area contributed by atoms with Gasteiger partial charge in [-0.3, -0.25) is 0 Å². The SMILES string of the molecule is CCCCC(CC)CC1CCNCC1C. The molecular weight excluding hydrogens is 182 g/mol. The van der Waals surface area contributed by atoms with Crippen molar-refractivity contribution < 1.29 is 0 Å². The first-order chi connectivity index (χ1) is 7.27. The van der Waals surface area contributed by atoms with E-state index in [1.54, 1.807) is 0 Å². The maximum atomic E-state index is 3.50. The zero-order valence-corrected chi connectivity index (χ0v) is 10.9. The molecule has 1 fully saturated rings. The Labute approximate surface area is 96.0 Å². The molecule has 1 aliphatic rings. The molecule has 1 heteroatoms. The molecule has 0 aromatic heterocycles. The summed E-state index contributed by atoms with van der Waals surface area (Å²) in [7, 11) is 0. The molecule has 0 saturated carbocycles. The third-order valence-electron chi connectivity index (χ3n) is 4.14. The second kappa shape index (κ2) is 7.27. The fourth-order valence-electron chi connectivity index (χ4n) is 2.83. The maximum absolute atomic E-state index is 3.50. The maximum Gasteiger partial charge on any atom is -0.00205 e. The van der Waals surface area contributed by atoms with E-state index in [1.165, 1.54) is 51.6 Å². The number of unbranched alkanes of at least 4 members (excludes halogenated alkanes) is 1. The predicted molar refractivity (Wildman–Crippen MR) is 68.1 cm³/mol. The van der Waals surface area contributed by atoms with Crippen molar-refractivity contribution in [1.82, 2.24) is 5.32 Å². The van der Waals surface area contributed by atoms with Crippen LogP contribution in [0.2, 0.25) is 0 Å². The van der Waals surface area contributed by atoms with E-state index in [1.807, 2.05) is 0 Å². The van der Waals surface area contributed by atoms with Crippen LogP contribution in [0.5, 0.6) is 0 Å². The van der Waals surface area contributed by atoms with Crippen LogP contribution in [0.1, 0.15) is 59.3 Å². The van der Waals surface area contributed by atoms with Gasteiger partial charge in [-0.2, -0.15) is 0 Å². The fraction of sp³-hybridized carbons (Fsp3) is 1.00. The molecule has 1 rings (SSSR count). The zero-order chi connectivity index (χ0) is 11.1. The van der Waals surface area contributed by atoms with E-state index in [2.05, 4.69) is 26.1 Å². The average Bonchev–Trinajstić information content (AvgIpc) is 2.26. The van der Waals surface area contributed by atoms with Gasteiger partial charge in [-0.05, 0) is 43.7 Å². The van der Waals surface area contributed by atoms with Crippen LogP contribution in [-0.4, -0.2) is 13.1 Å². The largest absolute Gasteiger partial charge is 0.316 e. The van der Waals surface area contributed by atoms with Crippen LogP contribution in [0.15, 0.2) is 0 Å². The van der Waals surface area contributed by atoms with Gasteiger partial charge in [0.2, 0.25) is 0 Å². The van der Waals surface area contributed by atoms with Gasteiger partial charge in [-0.1, -0.05) is 46.5 Å². The Hall–Kier alpha value is -0.0400. The van der Waals surface area contributed by atoms with E-state index in [-0.39, 0.29) is 0 Å². The highest BCUT2D eigenvalue weighted by molar-refractivity contribution is 4.77. The second-order valence-corrected chi connectivity index (χ2v) is 5.38. The van der Waals surface area contributed by atoms with Crippen molar-refractivity contribution in [1.29, 1.82) is 0 Å². The lowest BCUT2D eigenvalue weighted by Gasteiger charge is -2.32. The smallest absolute Gasteiger partial charge is 0.00205 e. The molecule has 1 N–H and O–H groups in total. The Kier molecular flexibility index (Phi) is 6.31. The molecule has 15 heavy (non-hydrogen) atoms. The molecular formula is C14H29N. The van der Waals surface area contributed by atoms with E-state index in [0.717, 1.165) is 17.8 Å². The highest BCUT2D eigenvalue weighted by atomic mass is 14.9. The van der Waals surface area contributed by atoms with Gasteiger partial charge in [0.15, 0.2) is 0 Å². The van der Waals surface area contributed by atoms with Gasteiger partial charge in [-0.15, -0.1) is 0 Å². The van der Waals surface area contributed by atoms with E-state index in [9.17, 15) is 0 Å². The summed E-state index contributed by atoms with van der Waals surface area (Å²) in [5.41, 5.74) is 0. The standard InChI is InChI=1S/C14H29N/c1-4-6-7-13(5-2)10-14-8-9-15-11-12(14)3/h12-15H,4-11H2,1-3H3. The van der Waals surface area contributed by atoms with Gasteiger partial charge in [-0.25, -0.2) is 0 Å². The van der Waals surface area contributed by atoms with Gasteiger partial charge < -0.3 is 5.32 Å². The zero-order valence-electron chi connectivity index (χ0n) is 10.9. The minimum atomic E-state index is 0.898. The van der Waals surface area contributed by atoms with E-state index >= 15 is 0 Å². The van der Waals surface area contributed by atoms with Crippen LogP contribution in [0.4, 0.5) is 0 Å². The van der Waals surface area contributed by atoms with Crippen molar-refractivity contribution in [3.05, 3.63) is 0 Å². The molecule has 0 bridgehead atoms. The Morgan fingerprint density at radius 3 is 2.73 bits per heavy atom. The van der Waals surface area contributed by atoms with Gasteiger partial charge in [0.1, 0.15) is 0 Å². The van der Waals surface area contributed by atoms with Crippen molar-refractivity contribution in [2.24, 2.45) is 17.8 Å². The molecule has 0 amide bonds. The lowest BCUT2D eigenvalue weighted by atomic mass is 9.79. The van der Waals surface area contributed by atoms with Gasteiger partial charge in [0.25, 0.3) is 0 Å². The Bertz CT molecular complexity index is 155. The van der Waals surface area contributed by atoms with Crippen LogP contribution in [0.25, 0.3) is 0 Å². The normalized spacial score (nSPS) is 29.0. The first kappa shape index (κ1) is 13.0. The minimum Gasteiger partial charge on any atom is -0.316 e. The van der Waals surface area contributed by atoms with Crippen molar-refractivity contribution >= 4 is 0 Å². The summed E-state index contributed by atoms with van der Waals surface area (Å²) in [5, 5.41) is 3.50. The lowest BCUT2D eigenvalue weighted by molar-refractivity contribution is 0.215. The fourth-order valence-corrected chi connectivity index (χ4v) is 2.83. The number of piperidine rings is 1. The van der Waals surface area contributed by atoms with Gasteiger partial charge in [0.05, 0.1) is 0 Å². The summed E-state index contributed by atoms with van der Waals surface area (Å²) in [4.78, 5) is 0. The monoisotopic (exact) mass is 211 g/mol. The molecule has 90 valence electrons. The van der Waals surface area contributed by atoms with Crippen LogP contribution >= 0.6 is 0 Å². The summed E-state index contributed by atoms with van der Waals surface area (Å²) in [6.45, 7) is 9.59. The Morgan fingerprint density at radius 2 is 2.13 bits per heavy atom. The van der Waals surface area contributed by atoms with E-state index < -0.39 is 0 Å². The second-order valence-electron chi connectivity index (χ2n) is 5.38. The van der Waals surface area contributed by atoms with E-state index in [4.69, 9.17) is 0 Å². The molecule has 0 aromatic carbocycles. The minimum absolute atomic E-state index is 0.898. The molecule has 1 nitrogen and oxygen atoms in total. The molecule has 0 spiro atoms. The van der Waals surface area contributed by atoms with Crippen molar-refractivity contribution in [2.75, 3.05) is 13.1 Å². The third kappa shape index (κ3) is 4.55. The number of rotatable bonds is 6. The van der Waals surface area contributed by atoms with Crippen LogP contribution in [0.3, 0.4) is 0 Å². The van der Waals surface area contributed by atoms with Crippen molar-refractivity contribution in [2.45, 2.75) is 59.3 Å². The molecule has 1 aliphatic heterocycles. The highest BCUT2D eigenvalue weighted by Crippen LogP contribution is 2.29. The number of hydrogen-bond acceptors (Lipinski definition) is 1. The molecule has 1 heterocycles. The Morgan fingerprint density at radius 1 is 1.33 bits per heavy atom. The van der Waals surface area contributed by atoms with E-state index in [0.29, 0.717) is 0 Å². The quantitative estimate of drug-likeness (QED) is 0.704. The summed E-state index contributed by atoms with van der Waals surface area (Å²) in [6, 6.07) is 0. The number of nitrogens with one attached hydrogen (secondary N) is 1.